The molecule has 1 aliphatic rings. The van der Waals surface area contributed by atoms with Crippen LogP contribution >= 0.6 is 0 Å². The molecule has 0 aliphatic carbocycles. The molecule has 0 unspecified atom stereocenters. The quantitative estimate of drug-likeness (QED) is 0.673. The third-order valence-corrected chi connectivity index (χ3v) is 5.44. The zero-order valence-corrected chi connectivity index (χ0v) is 16.3. The minimum Gasteiger partial charge on any atom is -0.422 e. The van der Waals surface area contributed by atoms with Crippen LogP contribution in [-0.2, 0) is 0 Å². The molecule has 2 aromatic carbocycles. The van der Waals surface area contributed by atoms with Crippen molar-refractivity contribution in [2.24, 2.45) is 5.92 Å². The standard InChI is InChI=1S/C23H21FN2O4/c24-19-7-3-2-6-17(19)22(28)26-11-9-15(10-12-26)14-25-21(27)18-13-16-5-1-4-8-20(16)30-23(18)29/h1-8,13,15H,9-12,14H2,(H,25,27). The van der Waals surface area contributed by atoms with Gasteiger partial charge in [0.2, 0.25) is 0 Å². The van der Waals surface area contributed by atoms with Gasteiger partial charge in [0.05, 0.1) is 5.56 Å². The molecule has 6 nitrogen and oxygen atoms in total. The molecule has 30 heavy (non-hydrogen) atoms. The van der Waals surface area contributed by atoms with E-state index in [9.17, 15) is 18.8 Å². The molecule has 0 saturated carbocycles. The van der Waals surface area contributed by atoms with E-state index in [2.05, 4.69) is 5.32 Å². The van der Waals surface area contributed by atoms with Gasteiger partial charge in [-0.3, -0.25) is 9.59 Å². The summed E-state index contributed by atoms with van der Waals surface area (Å²) in [5.74, 6) is -1.14. The van der Waals surface area contributed by atoms with E-state index in [-0.39, 0.29) is 23.0 Å². The number of nitrogens with zero attached hydrogens (tertiary/aromatic N) is 1. The third kappa shape index (κ3) is 4.10. The van der Waals surface area contributed by atoms with Crippen molar-refractivity contribution in [1.82, 2.24) is 10.2 Å². The molecule has 4 rings (SSSR count). The van der Waals surface area contributed by atoms with E-state index in [0.717, 1.165) is 0 Å². The molecule has 0 bridgehead atoms. The fourth-order valence-electron chi connectivity index (χ4n) is 3.70. The Morgan fingerprint density at radius 2 is 1.73 bits per heavy atom. The number of hydrogen-bond donors (Lipinski definition) is 1. The summed E-state index contributed by atoms with van der Waals surface area (Å²) in [5, 5.41) is 3.48. The summed E-state index contributed by atoms with van der Waals surface area (Å²) in [6, 6.07) is 14.5. The number of likely N-dealkylation sites (tertiary alicyclic amines) is 1. The maximum absolute atomic E-state index is 13.8. The van der Waals surface area contributed by atoms with E-state index in [1.165, 1.54) is 18.2 Å². The average Bonchev–Trinajstić information content (AvgIpc) is 2.77. The molecule has 1 saturated heterocycles. The topological polar surface area (TPSA) is 79.6 Å². The second-order valence-electron chi connectivity index (χ2n) is 7.41. The second-order valence-corrected chi connectivity index (χ2v) is 7.41. The highest BCUT2D eigenvalue weighted by Crippen LogP contribution is 2.20. The smallest absolute Gasteiger partial charge is 0.349 e. The highest BCUT2D eigenvalue weighted by atomic mass is 19.1. The number of para-hydroxylation sites is 1. The minimum absolute atomic E-state index is 0.0270. The van der Waals surface area contributed by atoms with Crippen molar-refractivity contribution < 1.29 is 18.4 Å². The molecule has 2 amide bonds. The molecule has 3 aromatic rings. The maximum atomic E-state index is 13.8. The van der Waals surface area contributed by atoms with Gasteiger partial charge in [0, 0.05) is 25.0 Å². The van der Waals surface area contributed by atoms with Gasteiger partial charge in [-0.25, -0.2) is 9.18 Å². The summed E-state index contributed by atoms with van der Waals surface area (Å²) in [5.41, 5.74) is -0.185. The number of benzene rings is 2. The van der Waals surface area contributed by atoms with E-state index in [1.807, 2.05) is 0 Å². The minimum atomic E-state index is -0.670. The third-order valence-electron chi connectivity index (χ3n) is 5.44. The molecule has 7 heteroatoms. The van der Waals surface area contributed by atoms with Crippen molar-refractivity contribution in [3.63, 3.8) is 0 Å². The van der Waals surface area contributed by atoms with E-state index in [1.54, 1.807) is 41.3 Å². The maximum Gasteiger partial charge on any atom is 0.349 e. The second kappa shape index (κ2) is 8.49. The van der Waals surface area contributed by atoms with Crippen molar-refractivity contribution in [1.29, 1.82) is 0 Å². The van der Waals surface area contributed by atoms with Gasteiger partial charge in [0.15, 0.2) is 0 Å². The Morgan fingerprint density at radius 1 is 1.03 bits per heavy atom. The molecule has 0 radical (unpaired) electrons. The number of piperidine rings is 1. The van der Waals surface area contributed by atoms with E-state index >= 15 is 0 Å². The first-order chi connectivity index (χ1) is 14.5. The molecular weight excluding hydrogens is 387 g/mol. The first kappa shape index (κ1) is 19.8. The molecule has 0 spiro atoms. The Labute approximate surface area is 172 Å². The van der Waals surface area contributed by atoms with Gasteiger partial charge in [-0.2, -0.15) is 0 Å². The zero-order chi connectivity index (χ0) is 21.1. The van der Waals surface area contributed by atoms with Crippen molar-refractivity contribution in [3.05, 3.63) is 82.0 Å². The fourth-order valence-corrected chi connectivity index (χ4v) is 3.70. The molecule has 2 heterocycles. The molecule has 1 aromatic heterocycles. The SMILES string of the molecule is O=C(NCC1CCN(C(=O)c2ccccc2F)CC1)c1cc2ccccc2oc1=O. The van der Waals surface area contributed by atoms with Crippen LogP contribution in [0.4, 0.5) is 4.39 Å². The van der Waals surface area contributed by atoms with Crippen molar-refractivity contribution in [2.45, 2.75) is 12.8 Å². The van der Waals surface area contributed by atoms with E-state index in [0.29, 0.717) is 43.4 Å². The van der Waals surface area contributed by atoms with Gasteiger partial charge < -0.3 is 14.6 Å². The van der Waals surface area contributed by atoms with Crippen molar-refractivity contribution in [3.8, 4) is 0 Å². The first-order valence-corrected chi connectivity index (χ1v) is 9.88. The lowest BCUT2D eigenvalue weighted by Gasteiger charge is -2.32. The molecular formula is C23H21FN2O4. The molecule has 1 fully saturated rings. The summed E-state index contributed by atoms with van der Waals surface area (Å²) in [6.07, 6.45) is 1.37. The number of carbonyl (C=O) groups excluding carboxylic acids is 2. The fraction of sp³-hybridized carbons (Fsp3) is 0.261. The number of hydrogen-bond acceptors (Lipinski definition) is 4. The van der Waals surface area contributed by atoms with Crippen LogP contribution in [0.5, 0.6) is 0 Å². The lowest BCUT2D eigenvalue weighted by atomic mass is 9.96. The first-order valence-electron chi connectivity index (χ1n) is 9.88. The van der Waals surface area contributed by atoms with Crippen molar-refractivity contribution >= 4 is 22.8 Å². The number of rotatable bonds is 4. The number of amides is 2. The van der Waals surface area contributed by atoms with Crippen LogP contribution in [0.1, 0.15) is 33.6 Å². The summed E-state index contributed by atoms with van der Waals surface area (Å²) in [6.45, 7) is 1.38. The largest absolute Gasteiger partial charge is 0.422 e. The monoisotopic (exact) mass is 408 g/mol. The van der Waals surface area contributed by atoms with Crippen LogP contribution in [0.25, 0.3) is 11.0 Å². The normalized spacial score (nSPS) is 14.6. The predicted octanol–water partition coefficient (Wildman–Crippen LogP) is 3.21. The highest BCUT2D eigenvalue weighted by molar-refractivity contribution is 5.96. The lowest BCUT2D eigenvalue weighted by Crippen LogP contribution is -2.42. The number of halogens is 1. The Kier molecular flexibility index (Phi) is 5.61. The lowest BCUT2D eigenvalue weighted by molar-refractivity contribution is 0.0679. The van der Waals surface area contributed by atoms with Gasteiger partial charge >= 0.3 is 5.63 Å². The Balaban J connectivity index is 1.33. The Hall–Kier alpha value is -3.48. The summed E-state index contributed by atoms with van der Waals surface area (Å²) in [4.78, 5) is 38.7. The summed E-state index contributed by atoms with van der Waals surface area (Å²) in [7, 11) is 0. The Bertz CT molecular complexity index is 1150. The predicted molar refractivity (Wildman–Crippen MR) is 110 cm³/mol. The van der Waals surface area contributed by atoms with Gasteiger partial charge in [-0.1, -0.05) is 30.3 Å². The van der Waals surface area contributed by atoms with Crippen LogP contribution in [-0.4, -0.2) is 36.3 Å². The number of nitrogens with one attached hydrogen (secondary N) is 1. The number of fused-ring (bicyclic) bond motifs is 1. The molecule has 0 atom stereocenters. The Morgan fingerprint density at radius 3 is 2.50 bits per heavy atom. The summed E-state index contributed by atoms with van der Waals surface area (Å²) < 4.78 is 19.1. The van der Waals surface area contributed by atoms with Crippen LogP contribution in [0.2, 0.25) is 0 Å². The number of carbonyl (C=O) groups is 2. The zero-order valence-electron chi connectivity index (χ0n) is 16.3. The molecule has 154 valence electrons. The van der Waals surface area contributed by atoms with Crippen LogP contribution < -0.4 is 10.9 Å². The molecule has 1 N–H and O–H groups in total. The van der Waals surface area contributed by atoms with E-state index < -0.39 is 17.3 Å². The van der Waals surface area contributed by atoms with Gasteiger partial charge in [0.25, 0.3) is 11.8 Å². The van der Waals surface area contributed by atoms with Gasteiger partial charge in [-0.15, -0.1) is 0 Å². The highest BCUT2D eigenvalue weighted by Gasteiger charge is 2.25. The molecule has 1 aliphatic heterocycles. The van der Waals surface area contributed by atoms with Crippen LogP contribution in [0.3, 0.4) is 0 Å². The van der Waals surface area contributed by atoms with Crippen molar-refractivity contribution in [2.75, 3.05) is 19.6 Å². The van der Waals surface area contributed by atoms with Gasteiger partial charge in [0.1, 0.15) is 17.0 Å². The summed E-state index contributed by atoms with van der Waals surface area (Å²) >= 11 is 0. The van der Waals surface area contributed by atoms with Gasteiger partial charge in [-0.05, 0) is 43.0 Å². The van der Waals surface area contributed by atoms with Crippen LogP contribution in [0, 0.1) is 11.7 Å². The van der Waals surface area contributed by atoms with E-state index in [4.69, 9.17) is 4.42 Å². The average molecular weight is 408 g/mol. The van der Waals surface area contributed by atoms with Crippen LogP contribution in [0.15, 0.2) is 63.8 Å².